The average Bonchev–Trinajstić information content (AvgIpc) is 2.92. The number of nitrogens with two attached hydrogens (primary N) is 1. The van der Waals surface area contributed by atoms with Gasteiger partial charge in [-0.05, 0) is 0 Å². The number of rotatable bonds is 4. The van der Waals surface area contributed by atoms with Gasteiger partial charge < -0.3 is 20.9 Å². The normalized spacial score (nSPS) is 10.3. The number of imidazole rings is 1. The summed E-state index contributed by atoms with van der Waals surface area (Å²) in [6.07, 6.45) is 3.50. The Kier molecular flexibility index (Phi) is 3.47. The highest BCUT2D eigenvalue weighted by atomic mass is 32.1. The summed E-state index contributed by atoms with van der Waals surface area (Å²) >= 11 is 1.22. The van der Waals surface area contributed by atoms with Crippen LogP contribution in [-0.4, -0.2) is 27.5 Å². The standard InChI is InChI=1S/C10H14N6OS/c1-12-10-15-8(11)7(18-10)9(17)14-5-6-13-3-4-16(6)2/h3-4H,5,11H2,1-2H3,(H,12,15)(H,14,17). The van der Waals surface area contributed by atoms with Gasteiger partial charge in [-0.1, -0.05) is 11.3 Å². The van der Waals surface area contributed by atoms with Gasteiger partial charge in [-0.3, -0.25) is 4.79 Å². The van der Waals surface area contributed by atoms with Crippen LogP contribution in [-0.2, 0) is 13.6 Å². The topological polar surface area (TPSA) is 97.9 Å². The molecule has 2 heterocycles. The molecule has 7 nitrogen and oxygen atoms in total. The van der Waals surface area contributed by atoms with Gasteiger partial charge in [-0.25, -0.2) is 9.97 Å². The van der Waals surface area contributed by atoms with Crippen molar-refractivity contribution >= 4 is 28.2 Å². The molecule has 0 saturated heterocycles. The second-order valence-electron chi connectivity index (χ2n) is 3.62. The maximum absolute atomic E-state index is 11.9. The van der Waals surface area contributed by atoms with E-state index in [0.717, 1.165) is 5.82 Å². The third kappa shape index (κ3) is 2.43. The van der Waals surface area contributed by atoms with Gasteiger partial charge in [-0.2, -0.15) is 0 Å². The van der Waals surface area contributed by atoms with Crippen molar-refractivity contribution in [1.82, 2.24) is 19.9 Å². The number of nitrogens with zero attached hydrogens (tertiary/aromatic N) is 3. The number of aromatic nitrogens is 3. The quantitative estimate of drug-likeness (QED) is 0.745. The molecule has 0 atom stereocenters. The van der Waals surface area contributed by atoms with Crippen LogP contribution in [0.3, 0.4) is 0 Å². The van der Waals surface area contributed by atoms with E-state index in [1.165, 1.54) is 11.3 Å². The molecule has 2 rings (SSSR count). The molecule has 0 aromatic carbocycles. The molecule has 0 spiro atoms. The fraction of sp³-hybridized carbons (Fsp3) is 0.300. The van der Waals surface area contributed by atoms with Gasteiger partial charge in [0.25, 0.3) is 5.91 Å². The molecule has 1 amide bonds. The molecule has 0 radical (unpaired) electrons. The van der Waals surface area contributed by atoms with Gasteiger partial charge in [0, 0.05) is 26.5 Å². The molecule has 2 aromatic heterocycles. The van der Waals surface area contributed by atoms with E-state index in [1.54, 1.807) is 13.2 Å². The average molecular weight is 266 g/mol. The molecule has 18 heavy (non-hydrogen) atoms. The lowest BCUT2D eigenvalue weighted by Crippen LogP contribution is -2.24. The molecule has 0 bridgehead atoms. The van der Waals surface area contributed by atoms with Crippen LogP contribution < -0.4 is 16.4 Å². The van der Waals surface area contributed by atoms with E-state index in [4.69, 9.17) is 5.73 Å². The lowest BCUT2D eigenvalue weighted by atomic mass is 10.4. The van der Waals surface area contributed by atoms with E-state index in [9.17, 15) is 4.79 Å². The van der Waals surface area contributed by atoms with Gasteiger partial charge in [0.2, 0.25) is 0 Å². The Bertz CT molecular complexity index is 560. The maximum atomic E-state index is 11.9. The minimum Gasteiger partial charge on any atom is -0.382 e. The SMILES string of the molecule is CNc1nc(N)c(C(=O)NCc2nccn2C)s1. The van der Waals surface area contributed by atoms with E-state index in [0.29, 0.717) is 16.6 Å². The van der Waals surface area contributed by atoms with E-state index >= 15 is 0 Å². The minimum atomic E-state index is -0.241. The lowest BCUT2D eigenvalue weighted by Gasteiger charge is -2.03. The molecule has 0 aliphatic carbocycles. The van der Waals surface area contributed by atoms with Crippen molar-refractivity contribution < 1.29 is 4.79 Å². The van der Waals surface area contributed by atoms with Crippen LogP contribution in [0.4, 0.5) is 10.9 Å². The van der Waals surface area contributed by atoms with Gasteiger partial charge in [0.1, 0.15) is 16.5 Å². The number of carbonyl (C=O) groups excluding carboxylic acids is 1. The van der Waals surface area contributed by atoms with Crippen molar-refractivity contribution in [2.75, 3.05) is 18.1 Å². The van der Waals surface area contributed by atoms with Crippen molar-refractivity contribution in [3.63, 3.8) is 0 Å². The largest absolute Gasteiger partial charge is 0.382 e. The Balaban J connectivity index is 2.03. The van der Waals surface area contributed by atoms with Crippen LogP contribution in [0.1, 0.15) is 15.5 Å². The fourth-order valence-corrected chi connectivity index (χ4v) is 2.16. The summed E-state index contributed by atoms with van der Waals surface area (Å²) in [5, 5.41) is 6.23. The molecule has 0 fully saturated rings. The Morgan fingerprint density at radius 1 is 1.61 bits per heavy atom. The Hall–Kier alpha value is -2.09. The first-order valence-corrected chi connectivity index (χ1v) is 6.12. The Morgan fingerprint density at radius 3 is 2.94 bits per heavy atom. The molecule has 0 aliphatic rings. The van der Waals surface area contributed by atoms with Crippen molar-refractivity contribution in [3.8, 4) is 0 Å². The number of aryl methyl sites for hydroxylation is 1. The van der Waals surface area contributed by atoms with Crippen LogP contribution in [0.5, 0.6) is 0 Å². The summed E-state index contributed by atoms with van der Waals surface area (Å²) in [4.78, 5) is 20.5. The zero-order chi connectivity index (χ0) is 13.1. The van der Waals surface area contributed by atoms with Crippen LogP contribution in [0, 0.1) is 0 Å². The smallest absolute Gasteiger partial charge is 0.265 e. The number of thiazole rings is 1. The van der Waals surface area contributed by atoms with E-state index in [1.807, 2.05) is 17.8 Å². The summed E-state index contributed by atoms with van der Waals surface area (Å²) < 4.78 is 1.84. The predicted octanol–water partition coefficient (Wildman–Crippen LogP) is 0.430. The monoisotopic (exact) mass is 266 g/mol. The predicted molar refractivity (Wildman–Crippen MR) is 70.5 cm³/mol. The Labute approximate surface area is 108 Å². The van der Waals surface area contributed by atoms with Crippen molar-refractivity contribution in [2.45, 2.75) is 6.54 Å². The minimum absolute atomic E-state index is 0.238. The van der Waals surface area contributed by atoms with Crippen LogP contribution in [0.2, 0.25) is 0 Å². The first-order chi connectivity index (χ1) is 8.61. The van der Waals surface area contributed by atoms with Crippen LogP contribution in [0.25, 0.3) is 0 Å². The van der Waals surface area contributed by atoms with E-state index < -0.39 is 0 Å². The van der Waals surface area contributed by atoms with Gasteiger partial charge in [0.15, 0.2) is 5.13 Å². The third-order valence-corrected chi connectivity index (χ3v) is 3.49. The first kappa shape index (κ1) is 12.4. The number of nitrogen functional groups attached to an aromatic ring is 1. The van der Waals surface area contributed by atoms with Crippen molar-refractivity contribution in [3.05, 3.63) is 23.1 Å². The fourth-order valence-electron chi connectivity index (χ4n) is 1.41. The summed E-state index contributed by atoms with van der Waals surface area (Å²) in [6, 6.07) is 0. The number of carbonyl (C=O) groups is 1. The number of amides is 1. The Morgan fingerprint density at radius 2 is 2.39 bits per heavy atom. The number of nitrogens with one attached hydrogen (secondary N) is 2. The number of hydrogen-bond donors (Lipinski definition) is 3. The number of hydrogen-bond acceptors (Lipinski definition) is 6. The van der Waals surface area contributed by atoms with E-state index in [-0.39, 0.29) is 11.7 Å². The van der Waals surface area contributed by atoms with Gasteiger partial charge in [-0.15, -0.1) is 0 Å². The highest BCUT2D eigenvalue weighted by Crippen LogP contribution is 2.24. The van der Waals surface area contributed by atoms with Crippen molar-refractivity contribution in [2.24, 2.45) is 7.05 Å². The summed E-state index contributed by atoms with van der Waals surface area (Å²) in [5.41, 5.74) is 5.67. The summed E-state index contributed by atoms with van der Waals surface area (Å²) in [7, 11) is 3.60. The number of anilines is 2. The molecule has 0 unspecified atom stereocenters. The molecular weight excluding hydrogens is 252 g/mol. The lowest BCUT2D eigenvalue weighted by molar-refractivity contribution is 0.0954. The highest BCUT2D eigenvalue weighted by molar-refractivity contribution is 7.18. The first-order valence-electron chi connectivity index (χ1n) is 5.30. The molecule has 8 heteroatoms. The highest BCUT2D eigenvalue weighted by Gasteiger charge is 2.15. The molecule has 0 saturated carbocycles. The van der Waals surface area contributed by atoms with Crippen LogP contribution in [0.15, 0.2) is 12.4 Å². The zero-order valence-electron chi connectivity index (χ0n) is 10.1. The maximum Gasteiger partial charge on any atom is 0.265 e. The molecule has 2 aromatic rings. The molecule has 0 aliphatic heterocycles. The van der Waals surface area contributed by atoms with Crippen molar-refractivity contribution in [1.29, 1.82) is 0 Å². The van der Waals surface area contributed by atoms with Gasteiger partial charge >= 0.3 is 0 Å². The van der Waals surface area contributed by atoms with Crippen LogP contribution >= 0.6 is 11.3 Å². The second-order valence-corrected chi connectivity index (χ2v) is 4.62. The summed E-state index contributed by atoms with van der Waals surface area (Å²) in [6.45, 7) is 0.356. The second kappa shape index (κ2) is 5.05. The van der Waals surface area contributed by atoms with E-state index in [2.05, 4.69) is 20.6 Å². The molecule has 96 valence electrons. The molecular formula is C10H14N6OS. The zero-order valence-corrected chi connectivity index (χ0v) is 10.9. The third-order valence-electron chi connectivity index (χ3n) is 2.40. The molecule has 4 N–H and O–H groups in total. The summed E-state index contributed by atoms with van der Waals surface area (Å²) in [5.74, 6) is 0.775. The van der Waals surface area contributed by atoms with Gasteiger partial charge in [0.05, 0.1) is 6.54 Å².